The van der Waals surface area contributed by atoms with Crippen LogP contribution < -0.4 is 5.32 Å². The van der Waals surface area contributed by atoms with E-state index in [1.54, 1.807) is 50.2 Å². The molecule has 2 aromatic carbocycles. The van der Waals surface area contributed by atoms with Crippen LogP contribution in [-0.4, -0.2) is 55.0 Å². The molecule has 2 aromatic rings. The van der Waals surface area contributed by atoms with E-state index >= 15 is 0 Å². The van der Waals surface area contributed by atoms with E-state index in [1.165, 1.54) is 19.2 Å². The summed E-state index contributed by atoms with van der Waals surface area (Å²) in [5.41, 5.74) is 1.35. The zero-order valence-electron chi connectivity index (χ0n) is 17.6. The number of esters is 1. The lowest BCUT2D eigenvalue weighted by atomic mass is 10.0. The molecule has 0 saturated heterocycles. The fourth-order valence-corrected chi connectivity index (χ4v) is 3.39. The third kappa shape index (κ3) is 4.64. The maximum absolute atomic E-state index is 13.0. The van der Waals surface area contributed by atoms with Crippen LogP contribution in [0.25, 0.3) is 0 Å². The van der Waals surface area contributed by atoms with Crippen molar-refractivity contribution >= 4 is 29.4 Å². The van der Waals surface area contributed by atoms with Crippen LogP contribution in [0.4, 0.5) is 5.69 Å². The molecule has 162 valence electrons. The van der Waals surface area contributed by atoms with Crippen LogP contribution >= 0.6 is 0 Å². The molecule has 1 unspecified atom stereocenters. The van der Waals surface area contributed by atoms with E-state index in [0.717, 1.165) is 4.90 Å². The highest BCUT2D eigenvalue weighted by atomic mass is 16.6. The summed E-state index contributed by atoms with van der Waals surface area (Å²) in [6.45, 7) is 3.98. The molecule has 3 rings (SSSR count). The minimum atomic E-state index is -0.980. The molecule has 0 fully saturated rings. The van der Waals surface area contributed by atoms with Crippen molar-refractivity contribution in [1.29, 1.82) is 0 Å². The summed E-state index contributed by atoms with van der Waals surface area (Å²) in [6, 6.07) is 11.7. The van der Waals surface area contributed by atoms with Gasteiger partial charge in [0.1, 0.15) is 12.6 Å². The average molecular weight is 424 g/mol. The Hall–Kier alpha value is -3.52. The van der Waals surface area contributed by atoms with Gasteiger partial charge in [0.15, 0.2) is 0 Å². The van der Waals surface area contributed by atoms with Crippen LogP contribution in [0.15, 0.2) is 48.5 Å². The van der Waals surface area contributed by atoms with Gasteiger partial charge in [0.05, 0.1) is 23.3 Å². The van der Waals surface area contributed by atoms with E-state index in [1.807, 2.05) is 0 Å². The van der Waals surface area contributed by atoms with Crippen molar-refractivity contribution in [3.05, 3.63) is 65.2 Å². The van der Waals surface area contributed by atoms with Gasteiger partial charge in [-0.05, 0) is 42.3 Å². The van der Waals surface area contributed by atoms with Gasteiger partial charge in [-0.25, -0.2) is 4.79 Å². The quantitative estimate of drug-likeness (QED) is 0.397. The summed E-state index contributed by atoms with van der Waals surface area (Å²) >= 11 is 0. The zero-order valence-corrected chi connectivity index (χ0v) is 17.6. The highest BCUT2D eigenvalue weighted by Gasteiger charge is 2.43. The largest absolute Gasteiger partial charge is 0.460 e. The second-order valence-electron chi connectivity index (χ2n) is 7.41. The lowest BCUT2D eigenvalue weighted by molar-refractivity contribution is -0.121. The van der Waals surface area contributed by atoms with Crippen molar-refractivity contribution in [3.8, 4) is 0 Å². The molecule has 0 aliphatic carbocycles. The molecular weight excluding hydrogens is 400 g/mol. The number of benzene rings is 2. The van der Waals surface area contributed by atoms with E-state index in [-0.39, 0.29) is 12.5 Å². The standard InChI is InChI=1S/C23H24N2O6/c1-14(2)19(25-21(27)17-6-4-5-7-18(17)22(25)28)20(26)24-16-10-8-15(9-11-16)23(29)31-13-12-30-3/h4-11,14,19H,12-13H2,1-3H3,(H,24,26). The maximum atomic E-state index is 13.0. The highest BCUT2D eigenvalue weighted by Crippen LogP contribution is 2.27. The number of rotatable bonds is 8. The van der Waals surface area contributed by atoms with Crippen LogP contribution in [0.1, 0.15) is 44.9 Å². The Balaban J connectivity index is 1.73. The molecule has 0 bridgehead atoms. The number of anilines is 1. The Morgan fingerprint density at radius 1 is 0.935 bits per heavy atom. The normalized spacial score (nSPS) is 13.9. The number of nitrogens with zero attached hydrogens (tertiary/aromatic N) is 1. The van der Waals surface area contributed by atoms with Gasteiger partial charge in [0.2, 0.25) is 5.91 Å². The second-order valence-corrected chi connectivity index (χ2v) is 7.41. The van der Waals surface area contributed by atoms with E-state index in [9.17, 15) is 19.2 Å². The van der Waals surface area contributed by atoms with Gasteiger partial charge in [-0.15, -0.1) is 0 Å². The van der Waals surface area contributed by atoms with Crippen LogP contribution in [0, 0.1) is 5.92 Å². The van der Waals surface area contributed by atoms with E-state index in [2.05, 4.69) is 5.32 Å². The number of hydrogen-bond acceptors (Lipinski definition) is 6. The number of fused-ring (bicyclic) bond motifs is 1. The Morgan fingerprint density at radius 3 is 2.03 bits per heavy atom. The van der Waals surface area contributed by atoms with Crippen molar-refractivity contribution < 1.29 is 28.7 Å². The van der Waals surface area contributed by atoms with Crippen molar-refractivity contribution in [2.24, 2.45) is 5.92 Å². The molecule has 31 heavy (non-hydrogen) atoms. The number of nitrogens with one attached hydrogen (secondary N) is 1. The molecule has 0 aromatic heterocycles. The predicted molar refractivity (Wildman–Crippen MR) is 113 cm³/mol. The summed E-state index contributed by atoms with van der Waals surface area (Å²) < 4.78 is 9.88. The highest BCUT2D eigenvalue weighted by molar-refractivity contribution is 6.23. The van der Waals surface area contributed by atoms with Crippen LogP contribution in [-0.2, 0) is 14.3 Å². The molecule has 0 spiro atoms. The van der Waals surface area contributed by atoms with Gasteiger partial charge < -0.3 is 14.8 Å². The van der Waals surface area contributed by atoms with E-state index in [4.69, 9.17) is 9.47 Å². The lowest BCUT2D eigenvalue weighted by Crippen LogP contribution is -2.50. The van der Waals surface area contributed by atoms with Crippen LogP contribution in [0.3, 0.4) is 0 Å². The first-order valence-electron chi connectivity index (χ1n) is 9.89. The van der Waals surface area contributed by atoms with Crippen LogP contribution in [0.2, 0.25) is 0 Å². The maximum Gasteiger partial charge on any atom is 0.338 e. The minimum absolute atomic E-state index is 0.143. The Bertz CT molecular complexity index is 964. The summed E-state index contributed by atoms with van der Waals surface area (Å²) in [5.74, 6) is -2.26. The molecule has 1 atom stereocenters. The molecule has 1 N–H and O–H groups in total. The summed E-state index contributed by atoms with van der Waals surface area (Å²) in [6.07, 6.45) is 0. The molecule has 1 aliphatic rings. The summed E-state index contributed by atoms with van der Waals surface area (Å²) in [4.78, 5) is 51.6. The van der Waals surface area contributed by atoms with E-state index in [0.29, 0.717) is 29.0 Å². The fraction of sp³-hybridized carbons (Fsp3) is 0.304. The third-order valence-corrected chi connectivity index (χ3v) is 4.91. The molecule has 1 heterocycles. The molecule has 1 aliphatic heterocycles. The number of hydrogen-bond donors (Lipinski definition) is 1. The van der Waals surface area contributed by atoms with Gasteiger partial charge in [-0.2, -0.15) is 0 Å². The topological polar surface area (TPSA) is 102 Å². The van der Waals surface area contributed by atoms with Crippen LogP contribution in [0.5, 0.6) is 0 Å². The smallest absolute Gasteiger partial charge is 0.338 e. The number of imide groups is 1. The monoisotopic (exact) mass is 424 g/mol. The van der Waals surface area contributed by atoms with Gasteiger partial charge in [-0.1, -0.05) is 26.0 Å². The Labute approximate surface area is 180 Å². The molecule has 8 heteroatoms. The first-order chi connectivity index (χ1) is 14.8. The Morgan fingerprint density at radius 2 is 1.52 bits per heavy atom. The summed E-state index contributed by atoms with van der Waals surface area (Å²) in [5, 5.41) is 2.73. The number of methoxy groups -OCH3 is 1. The first kappa shape index (κ1) is 22.2. The Kier molecular flexibility index (Phi) is 6.81. The first-order valence-corrected chi connectivity index (χ1v) is 9.89. The lowest BCUT2D eigenvalue weighted by Gasteiger charge is -2.28. The van der Waals surface area contributed by atoms with Gasteiger partial charge in [0, 0.05) is 12.8 Å². The van der Waals surface area contributed by atoms with Crippen molar-refractivity contribution in [2.45, 2.75) is 19.9 Å². The molecular formula is C23H24N2O6. The molecule has 3 amide bonds. The van der Waals surface area contributed by atoms with Gasteiger partial charge in [0.25, 0.3) is 11.8 Å². The molecule has 0 radical (unpaired) electrons. The fourth-order valence-electron chi connectivity index (χ4n) is 3.39. The molecule has 8 nitrogen and oxygen atoms in total. The number of amides is 3. The third-order valence-electron chi connectivity index (χ3n) is 4.91. The predicted octanol–water partition coefficient (Wildman–Crippen LogP) is 2.75. The van der Waals surface area contributed by atoms with Gasteiger partial charge in [-0.3, -0.25) is 19.3 Å². The number of carbonyl (C=O) groups is 4. The average Bonchev–Trinajstić information content (AvgIpc) is 3.00. The van der Waals surface area contributed by atoms with Crippen molar-refractivity contribution in [3.63, 3.8) is 0 Å². The summed E-state index contributed by atoms with van der Waals surface area (Å²) in [7, 11) is 1.51. The zero-order chi connectivity index (χ0) is 22.5. The second kappa shape index (κ2) is 9.53. The number of carbonyl (C=O) groups excluding carboxylic acids is 4. The van der Waals surface area contributed by atoms with Crippen molar-refractivity contribution in [1.82, 2.24) is 4.90 Å². The van der Waals surface area contributed by atoms with Gasteiger partial charge >= 0.3 is 5.97 Å². The minimum Gasteiger partial charge on any atom is -0.460 e. The van der Waals surface area contributed by atoms with E-state index < -0.39 is 29.7 Å². The SMILES string of the molecule is COCCOC(=O)c1ccc(NC(=O)C(C(C)C)N2C(=O)c3ccccc3C2=O)cc1. The van der Waals surface area contributed by atoms with Crippen molar-refractivity contribution in [2.75, 3.05) is 25.6 Å². The molecule has 0 saturated carbocycles. The number of ether oxygens (including phenoxy) is 2.